The maximum absolute atomic E-state index is 13.5. The predicted octanol–water partition coefficient (Wildman–Crippen LogP) is 5.99. The number of halogens is 1. The number of rotatable bonds is 9. The number of nitriles is 1. The number of nitro benzene ring substituents is 1. The summed E-state index contributed by atoms with van der Waals surface area (Å²) >= 11 is 0. The van der Waals surface area contributed by atoms with E-state index in [0.717, 1.165) is 11.1 Å². The van der Waals surface area contributed by atoms with Gasteiger partial charge in [-0.05, 0) is 66.1 Å². The van der Waals surface area contributed by atoms with Gasteiger partial charge in [0.15, 0.2) is 11.5 Å². The first-order chi connectivity index (χ1) is 17.4. The zero-order chi connectivity index (χ0) is 25.7. The van der Waals surface area contributed by atoms with Gasteiger partial charge in [0.1, 0.15) is 24.3 Å². The van der Waals surface area contributed by atoms with Gasteiger partial charge in [-0.1, -0.05) is 6.08 Å². The molecule has 1 N–H and O–H groups in total. The zero-order valence-corrected chi connectivity index (χ0v) is 19.3. The monoisotopic (exact) mass is 484 g/mol. The van der Waals surface area contributed by atoms with Crippen molar-refractivity contribution in [2.75, 3.05) is 7.11 Å². The molecule has 0 atom stereocenters. The van der Waals surface area contributed by atoms with E-state index in [1.807, 2.05) is 6.07 Å². The molecular formula is C27H21FN4O4. The molecule has 0 radical (unpaired) electrons. The molecule has 0 amide bonds. The molecule has 8 nitrogen and oxygen atoms in total. The molecule has 0 saturated carbocycles. The summed E-state index contributed by atoms with van der Waals surface area (Å²) in [6.07, 6.45) is 3.85. The maximum atomic E-state index is 13.5. The van der Waals surface area contributed by atoms with Crippen LogP contribution in [0.3, 0.4) is 0 Å². The standard InChI is InChI=1S/C27H21FN4O4/c1-3-4-19-11-18(12-20(15-29)27-30-23-10-7-21(28)14-24(23)31-27)13-25(35-2)26(19)36-16-17-5-8-22(9-6-17)32(33)34/h3,5-14H,1,4,16H2,2H3,(H,30,31)/b20-12-. The predicted molar refractivity (Wildman–Crippen MR) is 134 cm³/mol. The van der Waals surface area contributed by atoms with Gasteiger partial charge in [-0.3, -0.25) is 10.1 Å². The molecule has 3 aromatic carbocycles. The van der Waals surface area contributed by atoms with Gasteiger partial charge in [0.2, 0.25) is 0 Å². The molecular weight excluding hydrogens is 463 g/mol. The molecule has 0 bridgehead atoms. The quantitative estimate of drug-likeness (QED) is 0.135. The highest BCUT2D eigenvalue weighted by atomic mass is 19.1. The van der Waals surface area contributed by atoms with Crippen molar-refractivity contribution in [3.05, 3.63) is 106 Å². The number of nitro groups is 1. The van der Waals surface area contributed by atoms with Gasteiger partial charge in [-0.15, -0.1) is 6.58 Å². The van der Waals surface area contributed by atoms with Crippen molar-refractivity contribution in [2.45, 2.75) is 13.0 Å². The molecule has 0 aliphatic heterocycles. The van der Waals surface area contributed by atoms with Crippen LogP contribution in [0.2, 0.25) is 0 Å². The van der Waals surface area contributed by atoms with Crippen LogP contribution in [-0.4, -0.2) is 22.0 Å². The Hall–Kier alpha value is -4.97. The Bertz CT molecular complexity index is 1520. The zero-order valence-electron chi connectivity index (χ0n) is 19.3. The second-order valence-electron chi connectivity index (χ2n) is 7.83. The van der Waals surface area contributed by atoms with Crippen LogP contribution in [0, 0.1) is 27.3 Å². The average Bonchev–Trinajstić information content (AvgIpc) is 3.29. The SMILES string of the molecule is C=CCc1cc(/C=C(/C#N)c2nc3ccc(F)cc3[nH]2)cc(OC)c1OCc1ccc([N+](=O)[O-])cc1. The van der Waals surface area contributed by atoms with Crippen molar-refractivity contribution in [3.63, 3.8) is 0 Å². The minimum Gasteiger partial charge on any atom is -0.493 e. The van der Waals surface area contributed by atoms with Crippen molar-refractivity contribution in [2.24, 2.45) is 0 Å². The first-order valence-corrected chi connectivity index (χ1v) is 10.9. The van der Waals surface area contributed by atoms with Crippen LogP contribution in [0.4, 0.5) is 10.1 Å². The van der Waals surface area contributed by atoms with E-state index in [0.29, 0.717) is 40.3 Å². The molecule has 180 valence electrons. The van der Waals surface area contributed by atoms with Crippen molar-refractivity contribution in [1.29, 1.82) is 5.26 Å². The Morgan fingerprint density at radius 1 is 1.25 bits per heavy atom. The molecule has 4 rings (SSSR count). The van der Waals surface area contributed by atoms with E-state index in [-0.39, 0.29) is 17.9 Å². The minimum absolute atomic E-state index is 0.00250. The van der Waals surface area contributed by atoms with E-state index in [1.54, 1.807) is 36.4 Å². The van der Waals surface area contributed by atoms with Gasteiger partial charge in [-0.25, -0.2) is 9.37 Å². The summed E-state index contributed by atoms with van der Waals surface area (Å²) in [7, 11) is 1.51. The summed E-state index contributed by atoms with van der Waals surface area (Å²) in [4.78, 5) is 17.8. The number of aromatic nitrogens is 2. The number of hydrogen-bond donors (Lipinski definition) is 1. The maximum Gasteiger partial charge on any atom is 0.269 e. The van der Waals surface area contributed by atoms with E-state index in [9.17, 15) is 19.8 Å². The lowest BCUT2D eigenvalue weighted by atomic mass is 10.0. The number of ether oxygens (including phenoxy) is 2. The topological polar surface area (TPSA) is 114 Å². The Morgan fingerprint density at radius 2 is 2.03 bits per heavy atom. The molecule has 1 aromatic heterocycles. The number of nitrogens with zero attached hydrogens (tertiary/aromatic N) is 3. The lowest BCUT2D eigenvalue weighted by molar-refractivity contribution is -0.384. The van der Waals surface area contributed by atoms with Crippen LogP contribution < -0.4 is 9.47 Å². The van der Waals surface area contributed by atoms with Crippen LogP contribution in [-0.2, 0) is 13.0 Å². The molecule has 1 heterocycles. The average molecular weight is 484 g/mol. The van der Waals surface area contributed by atoms with Crippen molar-refractivity contribution >= 4 is 28.4 Å². The van der Waals surface area contributed by atoms with E-state index in [2.05, 4.69) is 22.6 Å². The van der Waals surface area contributed by atoms with Crippen LogP contribution in [0.15, 0.2) is 67.3 Å². The Labute approximate surface area is 206 Å². The second kappa shape index (κ2) is 10.5. The largest absolute Gasteiger partial charge is 0.493 e. The van der Waals surface area contributed by atoms with Gasteiger partial charge >= 0.3 is 0 Å². The number of hydrogen-bond acceptors (Lipinski definition) is 6. The second-order valence-corrected chi connectivity index (χ2v) is 7.83. The molecule has 9 heteroatoms. The molecule has 0 aliphatic carbocycles. The first-order valence-electron chi connectivity index (χ1n) is 10.9. The lowest BCUT2D eigenvalue weighted by Crippen LogP contribution is -2.02. The summed E-state index contributed by atoms with van der Waals surface area (Å²) in [5.74, 6) is 0.876. The Balaban J connectivity index is 1.66. The van der Waals surface area contributed by atoms with Crippen molar-refractivity contribution in [3.8, 4) is 17.6 Å². The van der Waals surface area contributed by atoms with E-state index in [1.165, 1.54) is 31.4 Å². The third-order valence-corrected chi connectivity index (χ3v) is 5.40. The van der Waals surface area contributed by atoms with Crippen molar-refractivity contribution in [1.82, 2.24) is 9.97 Å². The number of methoxy groups -OCH3 is 1. The number of allylic oxidation sites excluding steroid dienone is 2. The number of nitrogens with one attached hydrogen (secondary N) is 1. The highest BCUT2D eigenvalue weighted by molar-refractivity contribution is 5.90. The normalized spacial score (nSPS) is 11.2. The van der Waals surface area contributed by atoms with Crippen LogP contribution in [0.5, 0.6) is 11.5 Å². The molecule has 0 saturated heterocycles. The molecule has 36 heavy (non-hydrogen) atoms. The summed E-state index contributed by atoms with van der Waals surface area (Å²) < 4.78 is 25.2. The van der Waals surface area contributed by atoms with Gasteiger partial charge < -0.3 is 14.5 Å². The van der Waals surface area contributed by atoms with E-state index < -0.39 is 10.7 Å². The molecule has 0 unspecified atom stereocenters. The highest BCUT2D eigenvalue weighted by Crippen LogP contribution is 2.35. The first kappa shape index (κ1) is 24.2. The number of aromatic amines is 1. The summed E-state index contributed by atoms with van der Waals surface area (Å²) in [6, 6.07) is 16.0. The van der Waals surface area contributed by atoms with Gasteiger partial charge in [0.25, 0.3) is 5.69 Å². The summed E-state index contributed by atoms with van der Waals surface area (Å²) in [6.45, 7) is 3.98. The third kappa shape index (κ3) is 5.23. The number of imidazole rings is 1. The molecule has 0 aliphatic rings. The smallest absolute Gasteiger partial charge is 0.269 e. The summed E-state index contributed by atoms with van der Waals surface area (Å²) in [5.41, 5.74) is 3.51. The fraction of sp³-hybridized carbons (Fsp3) is 0.111. The van der Waals surface area contributed by atoms with Gasteiger partial charge in [-0.2, -0.15) is 5.26 Å². The minimum atomic E-state index is -0.457. The van der Waals surface area contributed by atoms with Gasteiger partial charge in [0.05, 0.1) is 28.6 Å². The number of non-ortho nitro benzene ring substituents is 1. The van der Waals surface area contributed by atoms with E-state index in [4.69, 9.17) is 9.47 Å². The third-order valence-electron chi connectivity index (χ3n) is 5.40. The van der Waals surface area contributed by atoms with Crippen molar-refractivity contribution < 1.29 is 18.8 Å². The van der Waals surface area contributed by atoms with Gasteiger partial charge in [0, 0.05) is 17.7 Å². The van der Waals surface area contributed by atoms with Crippen LogP contribution in [0.25, 0.3) is 22.7 Å². The molecule has 0 spiro atoms. The van der Waals surface area contributed by atoms with Crippen LogP contribution in [0.1, 0.15) is 22.5 Å². The number of benzene rings is 3. The fourth-order valence-corrected chi connectivity index (χ4v) is 3.69. The Kier molecular flexibility index (Phi) is 7.07. The highest BCUT2D eigenvalue weighted by Gasteiger charge is 2.15. The van der Waals surface area contributed by atoms with E-state index >= 15 is 0 Å². The lowest BCUT2D eigenvalue weighted by Gasteiger charge is -2.16. The molecule has 0 fully saturated rings. The summed E-state index contributed by atoms with van der Waals surface area (Å²) in [5, 5.41) is 20.6. The Morgan fingerprint density at radius 3 is 2.69 bits per heavy atom. The molecule has 4 aromatic rings. The number of fused-ring (bicyclic) bond motifs is 1. The number of H-pyrrole nitrogens is 1. The van der Waals surface area contributed by atoms with Crippen LogP contribution >= 0.6 is 0 Å². The fourth-order valence-electron chi connectivity index (χ4n) is 3.69.